The fourth-order valence-corrected chi connectivity index (χ4v) is 4.81. The predicted octanol–water partition coefficient (Wildman–Crippen LogP) is 5.52. The fraction of sp³-hybridized carbons (Fsp3) is 0.269. The molecule has 0 saturated carbocycles. The van der Waals surface area contributed by atoms with Crippen molar-refractivity contribution in [2.75, 3.05) is 11.4 Å². The van der Waals surface area contributed by atoms with E-state index in [1.165, 1.54) is 38.9 Å². The highest BCUT2D eigenvalue weighted by Crippen LogP contribution is 2.34. The second-order valence-corrected chi connectivity index (χ2v) is 7.97. The van der Waals surface area contributed by atoms with Crippen molar-refractivity contribution in [1.82, 2.24) is 9.55 Å². The van der Waals surface area contributed by atoms with Crippen molar-refractivity contribution < 1.29 is 0 Å². The predicted molar refractivity (Wildman–Crippen MR) is 121 cm³/mol. The molecule has 2 aromatic carbocycles. The Morgan fingerprint density at radius 1 is 0.931 bits per heavy atom. The number of aromatic nitrogens is 2. The minimum atomic E-state index is 0.886. The van der Waals surface area contributed by atoms with Gasteiger partial charge >= 0.3 is 0 Å². The summed E-state index contributed by atoms with van der Waals surface area (Å²) >= 11 is 0. The Hall–Kier alpha value is -3.07. The van der Waals surface area contributed by atoms with E-state index < -0.39 is 0 Å². The van der Waals surface area contributed by atoms with E-state index in [2.05, 4.69) is 84.0 Å². The van der Waals surface area contributed by atoms with Gasteiger partial charge in [0, 0.05) is 36.9 Å². The van der Waals surface area contributed by atoms with E-state index in [0.29, 0.717) is 0 Å². The number of rotatable bonds is 4. The topological polar surface area (TPSA) is 21.1 Å². The molecule has 0 bridgehead atoms. The number of pyridine rings is 1. The van der Waals surface area contributed by atoms with Crippen molar-refractivity contribution in [3.05, 3.63) is 94.8 Å². The van der Waals surface area contributed by atoms with E-state index >= 15 is 0 Å². The van der Waals surface area contributed by atoms with Crippen LogP contribution >= 0.6 is 0 Å². The maximum atomic E-state index is 4.90. The number of benzene rings is 2. The summed E-state index contributed by atoms with van der Waals surface area (Å²) in [4.78, 5) is 7.36. The van der Waals surface area contributed by atoms with Crippen LogP contribution in [-0.4, -0.2) is 16.1 Å². The highest BCUT2D eigenvalue weighted by Gasteiger charge is 2.23. The number of hydrogen-bond acceptors (Lipinski definition) is 2. The second-order valence-electron chi connectivity index (χ2n) is 7.97. The largest absolute Gasteiger partial charge is 0.350 e. The SMILES string of the molecule is CCc1c(C)c2ccnc(N3CCc4ccccc4C3)c2n1Cc1ccccc1. The lowest BCUT2D eigenvalue weighted by Gasteiger charge is -2.30. The number of anilines is 1. The average molecular weight is 382 g/mol. The fourth-order valence-electron chi connectivity index (χ4n) is 4.81. The first-order valence-corrected chi connectivity index (χ1v) is 10.6. The normalized spacial score (nSPS) is 13.7. The molecule has 1 aliphatic rings. The third-order valence-corrected chi connectivity index (χ3v) is 6.29. The molecule has 0 spiro atoms. The molecule has 146 valence electrons. The summed E-state index contributed by atoms with van der Waals surface area (Å²) in [6.07, 6.45) is 4.08. The molecule has 29 heavy (non-hydrogen) atoms. The highest BCUT2D eigenvalue weighted by molar-refractivity contribution is 5.93. The molecule has 5 rings (SSSR count). The van der Waals surface area contributed by atoms with Gasteiger partial charge in [0.25, 0.3) is 0 Å². The van der Waals surface area contributed by atoms with Gasteiger partial charge in [-0.1, -0.05) is 61.5 Å². The zero-order valence-electron chi connectivity index (χ0n) is 17.2. The highest BCUT2D eigenvalue weighted by atomic mass is 15.2. The summed E-state index contributed by atoms with van der Waals surface area (Å²) in [6.45, 7) is 7.35. The summed E-state index contributed by atoms with van der Waals surface area (Å²) in [7, 11) is 0. The molecule has 0 aliphatic carbocycles. The summed E-state index contributed by atoms with van der Waals surface area (Å²) in [5, 5.41) is 1.33. The van der Waals surface area contributed by atoms with Crippen molar-refractivity contribution in [3.8, 4) is 0 Å². The first-order chi connectivity index (χ1) is 14.3. The van der Waals surface area contributed by atoms with E-state index in [1.54, 1.807) is 0 Å². The third-order valence-electron chi connectivity index (χ3n) is 6.29. The summed E-state index contributed by atoms with van der Waals surface area (Å²) in [5.74, 6) is 1.12. The molecule has 0 atom stereocenters. The first kappa shape index (κ1) is 18.0. The lowest BCUT2D eigenvalue weighted by molar-refractivity contribution is 0.715. The number of aryl methyl sites for hydroxylation is 1. The first-order valence-electron chi connectivity index (χ1n) is 10.6. The summed E-state index contributed by atoms with van der Waals surface area (Å²) in [6, 6.07) is 21.8. The van der Waals surface area contributed by atoms with E-state index in [9.17, 15) is 0 Å². The second kappa shape index (κ2) is 7.40. The molecule has 3 nitrogen and oxygen atoms in total. The van der Waals surface area contributed by atoms with Crippen molar-refractivity contribution >= 4 is 16.7 Å². The van der Waals surface area contributed by atoms with E-state index in [1.807, 2.05) is 6.20 Å². The maximum Gasteiger partial charge on any atom is 0.153 e. The zero-order chi connectivity index (χ0) is 19.8. The molecule has 0 saturated heterocycles. The molecule has 0 N–H and O–H groups in total. The molecular weight excluding hydrogens is 354 g/mol. The van der Waals surface area contributed by atoms with Crippen LogP contribution in [0.15, 0.2) is 66.9 Å². The van der Waals surface area contributed by atoms with Crippen molar-refractivity contribution in [2.45, 2.75) is 39.8 Å². The van der Waals surface area contributed by atoms with Crippen LogP contribution in [0.25, 0.3) is 10.9 Å². The Bertz CT molecular complexity index is 1160. The smallest absolute Gasteiger partial charge is 0.153 e. The maximum absolute atomic E-state index is 4.90. The Balaban J connectivity index is 1.65. The Morgan fingerprint density at radius 2 is 1.69 bits per heavy atom. The standard InChI is InChI=1S/C26H27N3/c1-3-24-19(2)23-13-15-27-26(25(23)29(24)17-20-9-5-4-6-10-20)28-16-14-21-11-7-8-12-22(21)18-28/h4-13,15H,3,14,16-18H2,1-2H3. The van der Waals surface area contributed by atoms with Gasteiger partial charge in [0.1, 0.15) is 0 Å². The monoisotopic (exact) mass is 381 g/mol. The van der Waals surface area contributed by atoms with Gasteiger partial charge in [0.2, 0.25) is 0 Å². The summed E-state index contributed by atoms with van der Waals surface area (Å²) < 4.78 is 2.50. The Kier molecular flexibility index (Phi) is 4.59. The van der Waals surface area contributed by atoms with Crippen LogP contribution in [0.5, 0.6) is 0 Å². The van der Waals surface area contributed by atoms with Gasteiger partial charge in [0.15, 0.2) is 5.82 Å². The van der Waals surface area contributed by atoms with Gasteiger partial charge < -0.3 is 9.47 Å². The van der Waals surface area contributed by atoms with Gasteiger partial charge in [-0.15, -0.1) is 0 Å². The van der Waals surface area contributed by atoms with Crippen LogP contribution in [0.1, 0.15) is 34.9 Å². The van der Waals surface area contributed by atoms with Crippen LogP contribution in [0.2, 0.25) is 0 Å². The molecule has 1 aliphatic heterocycles. The third kappa shape index (κ3) is 3.11. The summed E-state index contributed by atoms with van der Waals surface area (Å²) in [5.41, 5.74) is 8.31. The van der Waals surface area contributed by atoms with Crippen LogP contribution in [0.4, 0.5) is 5.82 Å². The Morgan fingerprint density at radius 3 is 2.48 bits per heavy atom. The average Bonchev–Trinajstić information content (AvgIpc) is 3.05. The van der Waals surface area contributed by atoms with Crippen LogP contribution in [0.3, 0.4) is 0 Å². The van der Waals surface area contributed by atoms with Gasteiger partial charge in [-0.3, -0.25) is 0 Å². The van der Waals surface area contributed by atoms with Crippen LogP contribution < -0.4 is 4.90 Å². The zero-order valence-corrected chi connectivity index (χ0v) is 17.2. The van der Waals surface area contributed by atoms with Crippen LogP contribution in [0, 0.1) is 6.92 Å². The van der Waals surface area contributed by atoms with E-state index in [-0.39, 0.29) is 0 Å². The van der Waals surface area contributed by atoms with E-state index in [0.717, 1.165) is 38.3 Å². The molecule has 0 amide bonds. The number of fused-ring (bicyclic) bond motifs is 2. The molecular formula is C26H27N3. The molecule has 2 aromatic heterocycles. The lowest BCUT2D eigenvalue weighted by Crippen LogP contribution is -2.31. The van der Waals surface area contributed by atoms with Gasteiger partial charge in [-0.25, -0.2) is 4.98 Å². The quantitative estimate of drug-likeness (QED) is 0.464. The Labute approximate surface area is 172 Å². The minimum absolute atomic E-state index is 0.886. The lowest BCUT2D eigenvalue weighted by atomic mass is 10.00. The van der Waals surface area contributed by atoms with Gasteiger partial charge in [-0.2, -0.15) is 0 Å². The minimum Gasteiger partial charge on any atom is -0.350 e. The number of nitrogens with zero attached hydrogens (tertiary/aromatic N) is 3. The van der Waals surface area contributed by atoms with Gasteiger partial charge in [-0.05, 0) is 48.1 Å². The van der Waals surface area contributed by atoms with E-state index in [4.69, 9.17) is 4.98 Å². The molecule has 3 heteroatoms. The molecule has 0 radical (unpaired) electrons. The van der Waals surface area contributed by atoms with Crippen molar-refractivity contribution in [3.63, 3.8) is 0 Å². The van der Waals surface area contributed by atoms with Crippen LogP contribution in [-0.2, 0) is 25.9 Å². The molecule has 4 aromatic rings. The number of hydrogen-bond donors (Lipinski definition) is 0. The van der Waals surface area contributed by atoms with Gasteiger partial charge in [0.05, 0.1) is 5.52 Å². The molecule has 0 unspecified atom stereocenters. The molecule has 0 fully saturated rings. The molecule has 3 heterocycles. The van der Waals surface area contributed by atoms with Crippen molar-refractivity contribution in [1.29, 1.82) is 0 Å². The van der Waals surface area contributed by atoms with Crippen molar-refractivity contribution in [2.24, 2.45) is 0 Å².